The fraction of sp³-hybridized carbons (Fsp3) is 0.286. The van der Waals surface area contributed by atoms with Crippen molar-refractivity contribution in [1.29, 1.82) is 0 Å². The summed E-state index contributed by atoms with van der Waals surface area (Å²) in [5.74, 6) is -1.06. The number of aliphatic hydroxyl groups excluding tert-OH is 1. The summed E-state index contributed by atoms with van der Waals surface area (Å²) in [5, 5.41) is 11.6. The number of hydrogen-bond donors (Lipinski definition) is 2. The van der Waals surface area contributed by atoms with E-state index in [1.165, 1.54) is 12.1 Å². The summed E-state index contributed by atoms with van der Waals surface area (Å²) in [5.41, 5.74) is 0.758. The molecule has 5 heteroatoms. The van der Waals surface area contributed by atoms with E-state index in [9.17, 15) is 14.3 Å². The molecule has 0 aliphatic carbocycles. The van der Waals surface area contributed by atoms with E-state index in [1.54, 1.807) is 12.1 Å². The van der Waals surface area contributed by atoms with Crippen molar-refractivity contribution in [3.8, 4) is 0 Å². The summed E-state index contributed by atoms with van der Waals surface area (Å²) in [6.07, 6.45) is 3.30. The average Bonchev–Trinajstić information content (AvgIpc) is 2.43. The van der Waals surface area contributed by atoms with Crippen molar-refractivity contribution in [3.63, 3.8) is 0 Å². The zero-order valence-electron chi connectivity index (χ0n) is 10.4. The topological polar surface area (TPSA) is 61.7 Å². The van der Waals surface area contributed by atoms with E-state index in [0.717, 1.165) is 19.1 Å². The highest BCUT2D eigenvalue weighted by Crippen LogP contribution is 2.17. The lowest BCUT2D eigenvalue weighted by Gasteiger charge is -2.14. The van der Waals surface area contributed by atoms with Gasteiger partial charge in [0, 0.05) is 6.54 Å². The third-order valence-corrected chi connectivity index (χ3v) is 2.93. The highest BCUT2D eigenvalue weighted by molar-refractivity contribution is 6.25. The summed E-state index contributed by atoms with van der Waals surface area (Å²) in [7, 11) is 0. The predicted molar refractivity (Wildman–Crippen MR) is 71.9 cm³/mol. The Morgan fingerprint density at radius 1 is 1.37 bits per heavy atom. The molecule has 0 radical (unpaired) electrons. The van der Waals surface area contributed by atoms with Gasteiger partial charge < -0.3 is 10.4 Å². The molecule has 2 N–H and O–H groups in total. The molecule has 1 heterocycles. The second kappa shape index (κ2) is 6.13. The minimum atomic E-state index is -0.548. The van der Waals surface area contributed by atoms with Crippen LogP contribution in [0.15, 0.2) is 41.1 Å². The molecule has 0 spiro atoms. The zero-order valence-corrected chi connectivity index (χ0v) is 10.4. The number of aliphatic imine (C=N–C) groups is 1. The van der Waals surface area contributed by atoms with E-state index in [-0.39, 0.29) is 11.3 Å². The fourth-order valence-corrected chi connectivity index (χ4v) is 1.93. The summed E-state index contributed by atoms with van der Waals surface area (Å²) in [6.45, 7) is 0.652. The van der Waals surface area contributed by atoms with Crippen molar-refractivity contribution in [1.82, 2.24) is 0 Å². The van der Waals surface area contributed by atoms with Crippen molar-refractivity contribution in [2.75, 3.05) is 11.9 Å². The molecule has 0 saturated heterocycles. The number of nitrogens with one attached hydrogen (secondary N) is 1. The van der Waals surface area contributed by atoms with Crippen LogP contribution in [0.1, 0.15) is 19.3 Å². The normalized spacial score (nSPS) is 15.8. The summed E-state index contributed by atoms with van der Waals surface area (Å²) < 4.78 is 13.4. The number of hydrogen-bond acceptors (Lipinski definition) is 3. The molecule has 1 aliphatic heterocycles. The Morgan fingerprint density at radius 3 is 2.79 bits per heavy atom. The Kier molecular flexibility index (Phi) is 4.28. The molecule has 19 heavy (non-hydrogen) atoms. The summed E-state index contributed by atoms with van der Waals surface area (Å²) in [4.78, 5) is 16.2. The Morgan fingerprint density at radius 2 is 2.16 bits per heavy atom. The molecule has 0 bridgehead atoms. The number of para-hydroxylation sites is 1. The van der Waals surface area contributed by atoms with Crippen molar-refractivity contribution >= 4 is 17.3 Å². The van der Waals surface area contributed by atoms with Gasteiger partial charge in [0.25, 0.3) is 5.91 Å². The molecular weight excluding hydrogens is 247 g/mol. The first-order valence-corrected chi connectivity index (χ1v) is 6.16. The number of benzene rings is 1. The summed E-state index contributed by atoms with van der Waals surface area (Å²) in [6, 6.07) is 5.89. The Hall–Kier alpha value is -2.17. The molecule has 1 aromatic carbocycles. The molecule has 0 unspecified atom stereocenters. The SMILES string of the molecule is O=C(Nc1ccccc1F)C(=CO)C1=NCCCC1. The maximum Gasteiger partial charge on any atom is 0.260 e. The van der Waals surface area contributed by atoms with Crippen LogP contribution in [0, 0.1) is 5.82 Å². The first-order chi connectivity index (χ1) is 9.22. The van der Waals surface area contributed by atoms with Gasteiger partial charge in [0.05, 0.1) is 23.2 Å². The number of anilines is 1. The quantitative estimate of drug-likeness (QED) is 0.650. The first kappa shape index (κ1) is 13.3. The lowest BCUT2D eigenvalue weighted by Crippen LogP contribution is -2.23. The van der Waals surface area contributed by atoms with Crippen LogP contribution >= 0.6 is 0 Å². The van der Waals surface area contributed by atoms with Crippen LogP contribution in [0.3, 0.4) is 0 Å². The Bertz CT molecular complexity index is 538. The minimum Gasteiger partial charge on any atom is -0.515 e. The third-order valence-electron chi connectivity index (χ3n) is 2.93. The van der Waals surface area contributed by atoms with E-state index in [2.05, 4.69) is 10.3 Å². The largest absolute Gasteiger partial charge is 0.515 e. The smallest absolute Gasteiger partial charge is 0.260 e. The van der Waals surface area contributed by atoms with Gasteiger partial charge in [-0.3, -0.25) is 9.79 Å². The minimum absolute atomic E-state index is 0.0864. The van der Waals surface area contributed by atoms with Crippen molar-refractivity contribution in [3.05, 3.63) is 41.9 Å². The second-order valence-electron chi connectivity index (χ2n) is 4.26. The fourth-order valence-electron chi connectivity index (χ4n) is 1.93. The van der Waals surface area contributed by atoms with Crippen LogP contribution in [-0.2, 0) is 4.79 Å². The lowest BCUT2D eigenvalue weighted by molar-refractivity contribution is -0.112. The van der Waals surface area contributed by atoms with Crippen molar-refractivity contribution in [2.24, 2.45) is 4.99 Å². The molecule has 1 amide bonds. The number of carbonyl (C=O) groups is 1. The molecule has 0 fully saturated rings. The van der Waals surface area contributed by atoms with Crippen LogP contribution in [-0.4, -0.2) is 23.3 Å². The van der Waals surface area contributed by atoms with Crippen LogP contribution in [0.25, 0.3) is 0 Å². The van der Waals surface area contributed by atoms with Crippen LogP contribution in [0.5, 0.6) is 0 Å². The van der Waals surface area contributed by atoms with E-state index in [0.29, 0.717) is 18.7 Å². The highest BCUT2D eigenvalue weighted by Gasteiger charge is 2.19. The predicted octanol–water partition coefficient (Wildman–Crippen LogP) is 2.83. The van der Waals surface area contributed by atoms with Crippen molar-refractivity contribution in [2.45, 2.75) is 19.3 Å². The molecule has 0 aromatic heterocycles. The molecule has 1 aliphatic rings. The van der Waals surface area contributed by atoms with Gasteiger partial charge in [-0.1, -0.05) is 12.1 Å². The number of halogens is 1. The van der Waals surface area contributed by atoms with Crippen molar-refractivity contribution < 1.29 is 14.3 Å². The van der Waals surface area contributed by atoms with E-state index in [1.807, 2.05) is 0 Å². The molecule has 100 valence electrons. The molecule has 0 atom stereocenters. The number of nitrogens with zero attached hydrogens (tertiary/aromatic N) is 1. The Balaban J connectivity index is 2.14. The van der Waals surface area contributed by atoms with Gasteiger partial charge in [-0.05, 0) is 31.4 Å². The molecule has 0 saturated carbocycles. The number of rotatable bonds is 3. The van der Waals surface area contributed by atoms with Gasteiger partial charge >= 0.3 is 0 Å². The maximum atomic E-state index is 13.4. The van der Waals surface area contributed by atoms with E-state index >= 15 is 0 Å². The lowest BCUT2D eigenvalue weighted by atomic mass is 10.0. The highest BCUT2D eigenvalue weighted by atomic mass is 19.1. The van der Waals surface area contributed by atoms with Gasteiger partial charge in [0.15, 0.2) is 0 Å². The Labute approximate surface area is 110 Å². The molecule has 2 rings (SSSR count). The van der Waals surface area contributed by atoms with Gasteiger partial charge in [0.2, 0.25) is 0 Å². The summed E-state index contributed by atoms with van der Waals surface area (Å²) >= 11 is 0. The zero-order chi connectivity index (χ0) is 13.7. The van der Waals surface area contributed by atoms with Crippen LogP contribution in [0.2, 0.25) is 0 Å². The number of carbonyl (C=O) groups excluding carboxylic acids is 1. The first-order valence-electron chi connectivity index (χ1n) is 6.16. The van der Waals surface area contributed by atoms with Gasteiger partial charge in [-0.2, -0.15) is 0 Å². The maximum absolute atomic E-state index is 13.4. The molecule has 4 nitrogen and oxygen atoms in total. The van der Waals surface area contributed by atoms with Gasteiger partial charge in [-0.25, -0.2) is 4.39 Å². The monoisotopic (exact) mass is 262 g/mol. The third kappa shape index (κ3) is 3.19. The second-order valence-corrected chi connectivity index (χ2v) is 4.26. The van der Waals surface area contributed by atoms with Gasteiger partial charge in [0.1, 0.15) is 5.82 Å². The van der Waals surface area contributed by atoms with Crippen LogP contribution < -0.4 is 5.32 Å². The van der Waals surface area contributed by atoms with Crippen LogP contribution in [0.4, 0.5) is 10.1 Å². The van der Waals surface area contributed by atoms with E-state index < -0.39 is 11.7 Å². The molecular formula is C14H15FN2O2. The number of aliphatic hydroxyl groups is 1. The van der Waals surface area contributed by atoms with E-state index in [4.69, 9.17) is 0 Å². The number of amides is 1. The van der Waals surface area contributed by atoms with Gasteiger partial charge in [-0.15, -0.1) is 0 Å². The standard InChI is InChI=1S/C14H15FN2O2/c15-11-5-1-2-7-13(11)17-14(19)10(9-18)12-6-3-4-8-16-12/h1-2,5,7,9,18H,3-4,6,8H2,(H,17,19). The average molecular weight is 262 g/mol. The molecule has 1 aromatic rings.